The summed E-state index contributed by atoms with van der Waals surface area (Å²) in [5, 5.41) is 3.91. The lowest BCUT2D eigenvalue weighted by atomic mass is 10.4. The Morgan fingerprint density at radius 1 is 1.59 bits per heavy atom. The molecule has 0 unspecified atom stereocenters. The molecule has 1 atom stereocenters. The molecule has 6 heteroatoms. The number of nitrogens with zero attached hydrogens (tertiary/aromatic N) is 2. The summed E-state index contributed by atoms with van der Waals surface area (Å²) in [6, 6.07) is 2.02. The lowest BCUT2D eigenvalue weighted by Gasteiger charge is -2.08. The molecule has 1 aliphatic rings. The van der Waals surface area contributed by atoms with Gasteiger partial charge in [0.05, 0.1) is 23.3 Å². The summed E-state index contributed by atoms with van der Waals surface area (Å²) in [5.74, 6) is 0.0146. The van der Waals surface area contributed by atoms with Gasteiger partial charge in [0.2, 0.25) is 0 Å². The van der Waals surface area contributed by atoms with Gasteiger partial charge in [0.15, 0.2) is 9.84 Å². The van der Waals surface area contributed by atoms with Gasteiger partial charge in [0, 0.05) is 18.8 Å². The Bertz CT molecular complexity index is 473. The average molecular weight is 258 g/mol. The van der Waals surface area contributed by atoms with Crippen LogP contribution in [0.4, 0.5) is 0 Å². The summed E-state index contributed by atoms with van der Waals surface area (Å²) in [7, 11) is -3.13. The number of ether oxygens (including phenoxy) is 1. The fourth-order valence-corrected chi connectivity index (χ4v) is 3.42. The summed E-state index contributed by atoms with van der Waals surface area (Å²) in [5.41, 5.74) is 0.616. The standard InChI is InChI=1S/C11H18N2O3S/c1-9(2)13-5-3-10(12-13)8-17(14,15)11-4-6-16-7-11/h3,5,9,11H,4,6-8H2,1-2H3/t11-/m0/s1. The van der Waals surface area contributed by atoms with Gasteiger partial charge in [-0.15, -0.1) is 0 Å². The first kappa shape index (κ1) is 12.6. The van der Waals surface area contributed by atoms with E-state index in [0.717, 1.165) is 0 Å². The van der Waals surface area contributed by atoms with Crippen molar-refractivity contribution >= 4 is 9.84 Å². The molecule has 1 aromatic heterocycles. The van der Waals surface area contributed by atoms with Gasteiger partial charge in [-0.25, -0.2) is 8.42 Å². The van der Waals surface area contributed by atoms with Crippen LogP contribution >= 0.6 is 0 Å². The first-order valence-corrected chi connectivity index (χ1v) is 7.54. The third-order valence-electron chi connectivity index (χ3n) is 2.94. The van der Waals surface area contributed by atoms with E-state index in [1.807, 2.05) is 20.0 Å². The maximum absolute atomic E-state index is 12.1. The largest absolute Gasteiger partial charge is 0.380 e. The van der Waals surface area contributed by atoms with Crippen molar-refractivity contribution in [3.05, 3.63) is 18.0 Å². The molecule has 0 N–H and O–H groups in total. The van der Waals surface area contributed by atoms with E-state index >= 15 is 0 Å². The number of aromatic nitrogens is 2. The van der Waals surface area contributed by atoms with E-state index in [4.69, 9.17) is 4.74 Å². The molecule has 96 valence electrons. The van der Waals surface area contributed by atoms with Crippen molar-refractivity contribution in [3.8, 4) is 0 Å². The number of sulfone groups is 1. The first-order chi connectivity index (χ1) is 7.99. The molecule has 0 bridgehead atoms. The molecular weight excluding hydrogens is 240 g/mol. The molecule has 5 nitrogen and oxygen atoms in total. The molecule has 1 aromatic rings. The zero-order chi connectivity index (χ0) is 12.5. The fourth-order valence-electron chi connectivity index (χ4n) is 1.86. The minimum Gasteiger partial charge on any atom is -0.380 e. The van der Waals surface area contributed by atoms with Gasteiger partial charge in [-0.05, 0) is 26.3 Å². The lowest BCUT2D eigenvalue weighted by Crippen LogP contribution is -2.23. The van der Waals surface area contributed by atoms with Gasteiger partial charge >= 0.3 is 0 Å². The molecule has 17 heavy (non-hydrogen) atoms. The highest BCUT2D eigenvalue weighted by Gasteiger charge is 2.30. The normalized spacial score (nSPS) is 21.2. The van der Waals surface area contributed by atoms with Crippen LogP contribution in [0.2, 0.25) is 0 Å². The van der Waals surface area contributed by atoms with Crippen LogP contribution in [-0.2, 0) is 20.3 Å². The van der Waals surface area contributed by atoms with Crippen molar-refractivity contribution in [2.45, 2.75) is 37.3 Å². The Morgan fingerprint density at radius 2 is 2.35 bits per heavy atom. The Balaban J connectivity index is 2.08. The molecule has 0 saturated carbocycles. The number of rotatable bonds is 4. The lowest BCUT2D eigenvalue weighted by molar-refractivity contribution is 0.198. The van der Waals surface area contributed by atoms with Crippen molar-refractivity contribution < 1.29 is 13.2 Å². The predicted octanol–water partition coefficient (Wildman–Crippen LogP) is 1.17. The van der Waals surface area contributed by atoms with Crippen LogP contribution in [-0.4, -0.2) is 36.7 Å². The second-order valence-corrected chi connectivity index (χ2v) is 6.95. The van der Waals surface area contributed by atoms with Crippen LogP contribution < -0.4 is 0 Å². The molecule has 2 rings (SSSR count). The zero-order valence-corrected chi connectivity index (χ0v) is 11.0. The summed E-state index contributed by atoms with van der Waals surface area (Å²) >= 11 is 0. The average Bonchev–Trinajstić information content (AvgIpc) is 2.85. The minimum atomic E-state index is -3.13. The summed E-state index contributed by atoms with van der Waals surface area (Å²) < 4.78 is 31.0. The Labute approximate surface area is 102 Å². The van der Waals surface area contributed by atoms with E-state index in [1.54, 1.807) is 10.7 Å². The van der Waals surface area contributed by atoms with Crippen molar-refractivity contribution in [3.63, 3.8) is 0 Å². The molecule has 0 aliphatic carbocycles. The van der Waals surface area contributed by atoms with Crippen molar-refractivity contribution in [1.82, 2.24) is 9.78 Å². The second-order valence-electron chi connectivity index (χ2n) is 4.67. The fraction of sp³-hybridized carbons (Fsp3) is 0.727. The SMILES string of the molecule is CC(C)n1ccc(CS(=O)(=O)[C@H]2CCOC2)n1. The Morgan fingerprint density at radius 3 is 2.88 bits per heavy atom. The molecule has 1 aliphatic heterocycles. The molecule has 0 amide bonds. The highest BCUT2D eigenvalue weighted by Crippen LogP contribution is 2.18. The van der Waals surface area contributed by atoms with Crippen LogP contribution in [0.5, 0.6) is 0 Å². The van der Waals surface area contributed by atoms with Crippen LogP contribution in [0, 0.1) is 0 Å². The van der Waals surface area contributed by atoms with E-state index in [2.05, 4.69) is 5.10 Å². The van der Waals surface area contributed by atoms with Gasteiger partial charge < -0.3 is 4.74 Å². The number of hydrogen-bond donors (Lipinski definition) is 0. The number of hydrogen-bond acceptors (Lipinski definition) is 4. The molecule has 0 spiro atoms. The molecule has 2 heterocycles. The van der Waals surface area contributed by atoms with Crippen LogP contribution in [0.25, 0.3) is 0 Å². The highest BCUT2D eigenvalue weighted by atomic mass is 32.2. The van der Waals surface area contributed by atoms with Crippen LogP contribution in [0.3, 0.4) is 0 Å². The van der Waals surface area contributed by atoms with Gasteiger partial charge in [-0.2, -0.15) is 5.10 Å². The van der Waals surface area contributed by atoms with E-state index in [1.165, 1.54) is 0 Å². The predicted molar refractivity (Wildman–Crippen MR) is 64.5 cm³/mol. The topological polar surface area (TPSA) is 61.2 Å². The summed E-state index contributed by atoms with van der Waals surface area (Å²) in [4.78, 5) is 0. The summed E-state index contributed by atoms with van der Waals surface area (Å²) in [6.07, 6.45) is 2.42. The highest BCUT2D eigenvalue weighted by molar-refractivity contribution is 7.91. The minimum absolute atomic E-state index is 0.0146. The third kappa shape index (κ3) is 2.87. The third-order valence-corrected chi connectivity index (χ3v) is 5.02. The maximum Gasteiger partial charge on any atom is 0.161 e. The quantitative estimate of drug-likeness (QED) is 0.813. The molecule has 0 radical (unpaired) electrons. The van der Waals surface area contributed by atoms with Gasteiger partial charge in [-0.3, -0.25) is 4.68 Å². The van der Waals surface area contributed by atoms with Crippen LogP contribution in [0.15, 0.2) is 12.3 Å². The monoisotopic (exact) mass is 258 g/mol. The van der Waals surface area contributed by atoms with Crippen LogP contribution in [0.1, 0.15) is 32.0 Å². The Kier molecular flexibility index (Phi) is 3.53. The van der Waals surface area contributed by atoms with E-state index in [9.17, 15) is 8.42 Å². The van der Waals surface area contributed by atoms with E-state index in [0.29, 0.717) is 25.3 Å². The second kappa shape index (κ2) is 4.78. The van der Waals surface area contributed by atoms with Gasteiger partial charge in [0.1, 0.15) is 0 Å². The molecule has 1 saturated heterocycles. The smallest absolute Gasteiger partial charge is 0.161 e. The summed E-state index contributed by atoms with van der Waals surface area (Å²) in [6.45, 7) is 4.89. The molecule has 1 fully saturated rings. The van der Waals surface area contributed by atoms with Gasteiger partial charge in [0.25, 0.3) is 0 Å². The Hall–Kier alpha value is -0.880. The first-order valence-electron chi connectivity index (χ1n) is 5.82. The van der Waals surface area contributed by atoms with E-state index in [-0.39, 0.29) is 17.0 Å². The van der Waals surface area contributed by atoms with E-state index < -0.39 is 9.84 Å². The maximum atomic E-state index is 12.1. The van der Waals surface area contributed by atoms with Crippen molar-refractivity contribution in [2.75, 3.05) is 13.2 Å². The molecular formula is C11H18N2O3S. The molecule has 0 aromatic carbocycles. The van der Waals surface area contributed by atoms with Crippen molar-refractivity contribution in [1.29, 1.82) is 0 Å². The van der Waals surface area contributed by atoms with Crippen molar-refractivity contribution in [2.24, 2.45) is 0 Å². The van der Waals surface area contributed by atoms with Gasteiger partial charge in [-0.1, -0.05) is 0 Å². The zero-order valence-electron chi connectivity index (χ0n) is 10.2.